The van der Waals surface area contributed by atoms with Gasteiger partial charge in [0.05, 0.1) is 21.3 Å². The van der Waals surface area contributed by atoms with E-state index in [2.05, 4.69) is 17.4 Å². The molecule has 28 heavy (non-hydrogen) atoms. The maximum atomic E-state index is 13.0. The fraction of sp³-hybridized carbons (Fsp3) is 0.409. The van der Waals surface area contributed by atoms with Gasteiger partial charge in [0.1, 0.15) is 0 Å². The molecule has 0 radical (unpaired) electrons. The van der Waals surface area contributed by atoms with Crippen molar-refractivity contribution in [2.45, 2.75) is 24.7 Å². The van der Waals surface area contributed by atoms with E-state index >= 15 is 0 Å². The first-order chi connectivity index (χ1) is 13.5. The number of benzene rings is 2. The van der Waals surface area contributed by atoms with E-state index in [1.54, 1.807) is 33.5 Å². The molecule has 150 valence electrons. The van der Waals surface area contributed by atoms with E-state index in [0.29, 0.717) is 29.2 Å². The Hall–Kier alpha value is -2.24. The lowest BCUT2D eigenvalue weighted by Gasteiger charge is -2.29. The largest absolute Gasteiger partial charge is 0.493 e. The predicted molar refractivity (Wildman–Crippen MR) is 110 cm³/mol. The fourth-order valence-corrected chi connectivity index (χ4v) is 4.02. The first kappa shape index (κ1) is 20.5. The number of nitrogens with one attached hydrogen (secondary N) is 1. The molecule has 5 nitrogen and oxygen atoms in total. The number of carbonyl (C=O) groups excluding carboxylic acids is 1. The Labute approximate surface area is 170 Å². The van der Waals surface area contributed by atoms with E-state index < -0.39 is 0 Å². The van der Waals surface area contributed by atoms with Gasteiger partial charge in [-0.25, -0.2) is 0 Å². The van der Waals surface area contributed by atoms with Crippen molar-refractivity contribution < 1.29 is 19.0 Å². The summed E-state index contributed by atoms with van der Waals surface area (Å²) in [7, 11) is 4.64. The molecule has 0 aromatic heterocycles. The van der Waals surface area contributed by atoms with E-state index in [1.165, 1.54) is 5.56 Å². The molecular formula is C22H26ClNO4. The number of methoxy groups -OCH3 is 3. The second-order valence-electron chi connectivity index (χ2n) is 7.05. The highest BCUT2D eigenvalue weighted by Crippen LogP contribution is 2.40. The molecule has 1 fully saturated rings. The summed E-state index contributed by atoms with van der Waals surface area (Å²) in [5.74, 6) is 1.51. The minimum Gasteiger partial charge on any atom is -0.493 e. The molecule has 1 unspecified atom stereocenters. The quantitative estimate of drug-likeness (QED) is 0.667. The standard InChI is InChI=1S/C22H26ClNO4/c1-26-19-12-15(13-20(27-2)21(19)28-3)18(25)8-9-22(10-11-24-14-22)16-4-6-17(23)7-5-16/h4-7,12-13,24H,8-11,14H2,1-3H3. The topological polar surface area (TPSA) is 56.8 Å². The molecule has 0 saturated carbocycles. The van der Waals surface area contributed by atoms with Gasteiger partial charge in [0.25, 0.3) is 0 Å². The normalized spacial score (nSPS) is 18.7. The van der Waals surface area contributed by atoms with E-state index in [-0.39, 0.29) is 11.2 Å². The third kappa shape index (κ3) is 4.10. The van der Waals surface area contributed by atoms with Crippen LogP contribution in [-0.2, 0) is 5.41 Å². The van der Waals surface area contributed by atoms with Crippen molar-refractivity contribution in [1.82, 2.24) is 5.32 Å². The molecule has 1 aliphatic heterocycles. The minimum absolute atomic E-state index is 0.0547. The molecule has 1 saturated heterocycles. The van der Waals surface area contributed by atoms with Crippen LogP contribution in [0.5, 0.6) is 17.2 Å². The molecule has 0 aliphatic carbocycles. The van der Waals surface area contributed by atoms with Crippen LogP contribution in [0.2, 0.25) is 5.02 Å². The zero-order chi connectivity index (χ0) is 20.1. The third-order valence-corrected chi connectivity index (χ3v) is 5.77. The van der Waals surface area contributed by atoms with Gasteiger partial charge in [-0.05, 0) is 49.2 Å². The predicted octanol–water partition coefficient (Wildman–Crippen LogP) is 4.26. The molecule has 2 aromatic rings. The lowest BCUT2D eigenvalue weighted by Crippen LogP contribution is -2.29. The highest BCUT2D eigenvalue weighted by molar-refractivity contribution is 6.30. The number of hydrogen-bond acceptors (Lipinski definition) is 5. The summed E-state index contributed by atoms with van der Waals surface area (Å²) in [4.78, 5) is 13.0. The molecule has 0 bridgehead atoms. The maximum Gasteiger partial charge on any atom is 0.203 e. The van der Waals surface area contributed by atoms with Gasteiger partial charge in [-0.1, -0.05) is 23.7 Å². The summed E-state index contributed by atoms with van der Waals surface area (Å²) in [6.45, 7) is 1.80. The van der Waals surface area contributed by atoms with Crippen molar-refractivity contribution in [2.75, 3.05) is 34.4 Å². The first-order valence-electron chi connectivity index (χ1n) is 9.33. The molecule has 1 atom stereocenters. The van der Waals surface area contributed by atoms with E-state index in [9.17, 15) is 4.79 Å². The van der Waals surface area contributed by atoms with Crippen LogP contribution in [0, 0.1) is 0 Å². The highest BCUT2D eigenvalue weighted by atomic mass is 35.5. The Morgan fingerprint density at radius 3 is 2.21 bits per heavy atom. The van der Waals surface area contributed by atoms with E-state index in [0.717, 1.165) is 31.0 Å². The lowest BCUT2D eigenvalue weighted by molar-refractivity contribution is 0.0970. The summed E-state index contributed by atoms with van der Waals surface area (Å²) < 4.78 is 16.1. The Balaban J connectivity index is 1.81. The van der Waals surface area contributed by atoms with Crippen LogP contribution >= 0.6 is 11.6 Å². The van der Waals surface area contributed by atoms with Gasteiger partial charge in [0.2, 0.25) is 5.75 Å². The Bertz CT molecular complexity index is 804. The van der Waals surface area contributed by atoms with Crippen molar-refractivity contribution >= 4 is 17.4 Å². The van der Waals surface area contributed by atoms with Gasteiger partial charge in [-0.2, -0.15) is 0 Å². The number of ether oxygens (including phenoxy) is 3. The molecule has 1 heterocycles. The maximum absolute atomic E-state index is 13.0. The van der Waals surface area contributed by atoms with Crippen molar-refractivity contribution in [1.29, 1.82) is 0 Å². The number of halogens is 1. The number of hydrogen-bond donors (Lipinski definition) is 1. The van der Waals surface area contributed by atoms with Gasteiger partial charge in [-0.3, -0.25) is 4.79 Å². The van der Waals surface area contributed by atoms with Gasteiger partial charge < -0.3 is 19.5 Å². The lowest BCUT2D eigenvalue weighted by atomic mass is 9.75. The molecular weight excluding hydrogens is 378 g/mol. The second-order valence-corrected chi connectivity index (χ2v) is 7.49. The van der Waals surface area contributed by atoms with Gasteiger partial charge in [0, 0.05) is 29.0 Å². The fourth-order valence-electron chi connectivity index (χ4n) is 3.89. The van der Waals surface area contributed by atoms with Gasteiger partial charge >= 0.3 is 0 Å². The Kier molecular flexibility index (Phi) is 6.47. The van der Waals surface area contributed by atoms with E-state index in [1.807, 2.05) is 12.1 Å². The number of ketones is 1. The monoisotopic (exact) mass is 403 g/mol. The molecule has 0 amide bonds. The van der Waals surface area contributed by atoms with Crippen LogP contribution < -0.4 is 19.5 Å². The van der Waals surface area contributed by atoms with Gasteiger partial charge in [-0.15, -0.1) is 0 Å². The molecule has 6 heteroatoms. The van der Waals surface area contributed by atoms with Crippen molar-refractivity contribution in [3.8, 4) is 17.2 Å². The molecule has 1 aliphatic rings. The first-order valence-corrected chi connectivity index (χ1v) is 9.71. The third-order valence-electron chi connectivity index (χ3n) is 5.52. The van der Waals surface area contributed by atoms with Crippen molar-refractivity contribution in [3.05, 3.63) is 52.5 Å². The van der Waals surface area contributed by atoms with Crippen LogP contribution in [0.15, 0.2) is 36.4 Å². The highest BCUT2D eigenvalue weighted by Gasteiger charge is 2.36. The molecule has 2 aromatic carbocycles. The zero-order valence-electron chi connectivity index (χ0n) is 16.5. The molecule has 1 N–H and O–H groups in total. The average Bonchev–Trinajstić information content (AvgIpc) is 3.21. The number of carbonyl (C=O) groups is 1. The van der Waals surface area contributed by atoms with E-state index in [4.69, 9.17) is 25.8 Å². The molecule has 0 spiro atoms. The van der Waals surface area contributed by atoms with Crippen LogP contribution in [0.1, 0.15) is 35.2 Å². The summed E-state index contributed by atoms with van der Waals surface area (Å²) in [6.07, 6.45) is 2.19. The zero-order valence-corrected chi connectivity index (χ0v) is 17.3. The number of Topliss-reactive ketones (excluding diaryl/α,β-unsaturated/α-hetero) is 1. The van der Waals surface area contributed by atoms with Crippen LogP contribution in [0.4, 0.5) is 0 Å². The number of rotatable bonds is 8. The van der Waals surface area contributed by atoms with Crippen LogP contribution in [0.25, 0.3) is 0 Å². The SMILES string of the molecule is COc1cc(C(=O)CCC2(c3ccc(Cl)cc3)CCNC2)cc(OC)c1OC. The van der Waals surface area contributed by atoms with Crippen molar-refractivity contribution in [2.24, 2.45) is 0 Å². The minimum atomic E-state index is -0.0547. The Morgan fingerprint density at radius 2 is 1.71 bits per heavy atom. The Morgan fingerprint density at radius 1 is 1.07 bits per heavy atom. The summed E-state index contributed by atoms with van der Waals surface area (Å²) >= 11 is 6.05. The average molecular weight is 404 g/mol. The van der Waals surface area contributed by atoms with Crippen LogP contribution in [-0.4, -0.2) is 40.2 Å². The molecule has 3 rings (SSSR count). The van der Waals surface area contributed by atoms with Gasteiger partial charge in [0.15, 0.2) is 17.3 Å². The summed E-state index contributed by atoms with van der Waals surface area (Å²) in [5.41, 5.74) is 1.73. The second kappa shape index (κ2) is 8.84. The summed E-state index contributed by atoms with van der Waals surface area (Å²) in [5, 5.41) is 4.16. The summed E-state index contributed by atoms with van der Waals surface area (Å²) in [6, 6.07) is 11.4. The van der Waals surface area contributed by atoms with Crippen LogP contribution in [0.3, 0.4) is 0 Å². The van der Waals surface area contributed by atoms with Crippen molar-refractivity contribution in [3.63, 3.8) is 0 Å². The smallest absolute Gasteiger partial charge is 0.203 e.